The van der Waals surface area contributed by atoms with Gasteiger partial charge in [-0.3, -0.25) is 0 Å². The van der Waals surface area contributed by atoms with Crippen molar-refractivity contribution in [1.29, 1.82) is 0 Å². The van der Waals surface area contributed by atoms with Gasteiger partial charge in [-0.05, 0) is 25.7 Å². The highest BCUT2D eigenvalue weighted by Crippen LogP contribution is 2.07. The Labute approximate surface area is 121 Å². The van der Waals surface area contributed by atoms with Gasteiger partial charge in [0, 0.05) is 26.2 Å². The first-order chi connectivity index (χ1) is 9.95. The SMILES string of the molecule is C1CCCN2CCCCCCN(CC1)NNNNNN2. The Bertz CT molecular complexity index is 177. The van der Waals surface area contributed by atoms with Crippen molar-refractivity contribution in [2.24, 2.45) is 0 Å². The molecule has 3 aliphatic rings. The fourth-order valence-electron chi connectivity index (χ4n) is 2.64. The average molecular weight is 286 g/mol. The molecule has 2 bridgehead atoms. The third-order valence-corrected chi connectivity index (χ3v) is 3.83. The standard InChI is InChI=1S/C12H30N8/c1-2-6-10-20-12-8-4-3-7-11-19(9-5-1)17-15-13-14-16-18-20/h13-18H,1-12H2. The molecule has 0 aliphatic carbocycles. The second-order valence-corrected chi connectivity index (χ2v) is 5.53. The second-order valence-electron chi connectivity index (χ2n) is 5.53. The zero-order valence-electron chi connectivity index (χ0n) is 12.4. The third-order valence-electron chi connectivity index (χ3n) is 3.83. The van der Waals surface area contributed by atoms with Crippen molar-refractivity contribution in [3.63, 3.8) is 0 Å². The van der Waals surface area contributed by atoms with E-state index in [1.165, 1.54) is 51.4 Å². The van der Waals surface area contributed by atoms with E-state index < -0.39 is 0 Å². The lowest BCUT2D eigenvalue weighted by Gasteiger charge is -2.27. The van der Waals surface area contributed by atoms with Crippen molar-refractivity contribution in [3.8, 4) is 0 Å². The minimum Gasteiger partial charge on any atom is -0.230 e. The van der Waals surface area contributed by atoms with Crippen LogP contribution in [0.5, 0.6) is 0 Å². The maximum Gasteiger partial charge on any atom is 0.0144 e. The van der Waals surface area contributed by atoms with Gasteiger partial charge in [0.15, 0.2) is 0 Å². The van der Waals surface area contributed by atoms with E-state index in [2.05, 4.69) is 43.2 Å². The molecule has 0 aromatic carbocycles. The van der Waals surface area contributed by atoms with Gasteiger partial charge in [0.2, 0.25) is 0 Å². The van der Waals surface area contributed by atoms with E-state index in [4.69, 9.17) is 0 Å². The fraction of sp³-hybridized carbons (Fsp3) is 1.00. The van der Waals surface area contributed by atoms with Gasteiger partial charge in [0.1, 0.15) is 0 Å². The third kappa shape index (κ3) is 6.91. The lowest BCUT2D eigenvalue weighted by molar-refractivity contribution is 0.0808. The van der Waals surface area contributed by atoms with Crippen LogP contribution in [0.4, 0.5) is 0 Å². The van der Waals surface area contributed by atoms with Gasteiger partial charge in [-0.2, -0.15) is 33.2 Å². The molecule has 0 aromatic heterocycles. The molecule has 3 heterocycles. The summed E-state index contributed by atoms with van der Waals surface area (Å²) in [5.41, 5.74) is 18.0. The lowest BCUT2D eigenvalue weighted by Crippen LogP contribution is -2.64. The van der Waals surface area contributed by atoms with Crippen LogP contribution in [0.2, 0.25) is 0 Å². The van der Waals surface area contributed by atoms with Crippen LogP contribution < -0.4 is 33.2 Å². The Morgan fingerprint density at radius 3 is 1.10 bits per heavy atom. The molecule has 20 heavy (non-hydrogen) atoms. The highest BCUT2D eigenvalue weighted by molar-refractivity contribution is 4.58. The van der Waals surface area contributed by atoms with Crippen LogP contribution >= 0.6 is 0 Å². The van der Waals surface area contributed by atoms with E-state index in [0.29, 0.717) is 0 Å². The largest absolute Gasteiger partial charge is 0.230 e. The Morgan fingerprint density at radius 2 is 0.750 bits per heavy atom. The molecule has 0 unspecified atom stereocenters. The summed E-state index contributed by atoms with van der Waals surface area (Å²) < 4.78 is 0. The minimum absolute atomic E-state index is 1.09. The first kappa shape index (κ1) is 16.1. The molecule has 3 aliphatic heterocycles. The lowest BCUT2D eigenvalue weighted by atomic mass is 10.1. The van der Waals surface area contributed by atoms with E-state index in [1.54, 1.807) is 0 Å². The van der Waals surface area contributed by atoms with Gasteiger partial charge < -0.3 is 0 Å². The first-order valence-corrected chi connectivity index (χ1v) is 7.96. The summed E-state index contributed by atoms with van der Waals surface area (Å²) in [5.74, 6) is 0. The molecule has 0 amide bonds. The summed E-state index contributed by atoms with van der Waals surface area (Å²) >= 11 is 0. The maximum absolute atomic E-state index is 3.19. The van der Waals surface area contributed by atoms with Crippen molar-refractivity contribution >= 4 is 0 Å². The number of fused-ring (bicyclic) bond motifs is 15. The molecule has 0 aromatic rings. The molecular formula is C12H30N8. The number of nitrogens with one attached hydrogen (secondary N) is 6. The molecule has 3 rings (SSSR count). The predicted octanol–water partition coefficient (Wildman–Crippen LogP) is -0.319. The highest BCUT2D eigenvalue weighted by Gasteiger charge is 2.08. The Balaban J connectivity index is 1.89. The van der Waals surface area contributed by atoms with Gasteiger partial charge >= 0.3 is 0 Å². The van der Waals surface area contributed by atoms with Gasteiger partial charge in [-0.25, -0.2) is 10.0 Å². The van der Waals surface area contributed by atoms with E-state index >= 15 is 0 Å². The van der Waals surface area contributed by atoms with Crippen LogP contribution in [0.1, 0.15) is 51.4 Å². The number of hydrogen-bond acceptors (Lipinski definition) is 8. The minimum atomic E-state index is 1.09. The molecule has 3 saturated heterocycles. The molecule has 0 atom stereocenters. The number of rotatable bonds is 0. The topological polar surface area (TPSA) is 78.7 Å². The van der Waals surface area contributed by atoms with Gasteiger partial charge in [-0.1, -0.05) is 25.7 Å². The van der Waals surface area contributed by atoms with Crippen molar-refractivity contribution < 1.29 is 0 Å². The van der Waals surface area contributed by atoms with Crippen LogP contribution in [0.3, 0.4) is 0 Å². The predicted molar refractivity (Wildman–Crippen MR) is 78.9 cm³/mol. The molecule has 8 nitrogen and oxygen atoms in total. The fourth-order valence-corrected chi connectivity index (χ4v) is 2.64. The Hall–Kier alpha value is -0.320. The van der Waals surface area contributed by atoms with Gasteiger partial charge in [0.05, 0.1) is 0 Å². The monoisotopic (exact) mass is 286 g/mol. The molecule has 118 valence electrons. The van der Waals surface area contributed by atoms with Crippen molar-refractivity contribution in [2.75, 3.05) is 26.2 Å². The van der Waals surface area contributed by atoms with Crippen molar-refractivity contribution in [2.45, 2.75) is 51.4 Å². The molecule has 3 fully saturated rings. The highest BCUT2D eigenvalue weighted by atomic mass is 15.9. The molecule has 0 spiro atoms. The summed E-state index contributed by atoms with van der Waals surface area (Å²) in [7, 11) is 0. The molecule has 6 N–H and O–H groups in total. The maximum atomic E-state index is 3.19. The summed E-state index contributed by atoms with van der Waals surface area (Å²) in [6.07, 6.45) is 10.2. The summed E-state index contributed by atoms with van der Waals surface area (Å²) in [4.78, 5) is 0. The normalized spacial score (nSPS) is 32.4. The molecule has 0 saturated carbocycles. The van der Waals surface area contributed by atoms with Crippen LogP contribution in [-0.4, -0.2) is 36.2 Å². The molecule has 8 heteroatoms. The molecule has 0 radical (unpaired) electrons. The second kappa shape index (κ2) is 10.4. The van der Waals surface area contributed by atoms with Crippen LogP contribution in [0, 0.1) is 0 Å². The van der Waals surface area contributed by atoms with E-state index in [1.807, 2.05) is 0 Å². The first-order valence-electron chi connectivity index (χ1n) is 7.96. The number of hydrogen-bond donors (Lipinski definition) is 6. The summed E-state index contributed by atoms with van der Waals surface area (Å²) in [6.45, 7) is 4.35. The van der Waals surface area contributed by atoms with E-state index in [9.17, 15) is 0 Å². The zero-order chi connectivity index (χ0) is 13.9. The summed E-state index contributed by atoms with van der Waals surface area (Å²) in [5, 5.41) is 4.51. The number of hydrazine groups is 7. The van der Waals surface area contributed by atoms with E-state index in [-0.39, 0.29) is 0 Å². The quantitative estimate of drug-likeness (QED) is 0.362. The smallest absolute Gasteiger partial charge is 0.0144 e. The molecular weight excluding hydrogens is 256 g/mol. The van der Waals surface area contributed by atoms with Crippen LogP contribution in [-0.2, 0) is 0 Å². The van der Waals surface area contributed by atoms with Gasteiger partial charge in [0.25, 0.3) is 0 Å². The number of nitrogens with zero attached hydrogens (tertiary/aromatic N) is 2. The Kier molecular flexibility index (Phi) is 8.36. The average Bonchev–Trinajstić information content (AvgIpc) is 2.47. The zero-order valence-corrected chi connectivity index (χ0v) is 12.4. The van der Waals surface area contributed by atoms with E-state index in [0.717, 1.165) is 26.2 Å². The van der Waals surface area contributed by atoms with Crippen LogP contribution in [0.15, 0.2) is 0 Å². The van der Waals surface area contributed by atoms with Crippen molar-refractivity contribution in [1.82, 2.24) is 43.2 Å². The van der Waals surface area contributed by atoms with Crippen LogP contribution in [0.25, 0.3) is 0 Å². The van der Waals surface area contributed by atoms with Crippen molar-refractivity contribution in [3.05, 3.63) is 0 Å². The van der Waals surface area contributed by atoms with Gasteiger partial charge in [-0.15, -0.1) is 0 Å². The summed E-state index contributed by atoms with van der Waals surface area (Å²) in [6, 6.07) is 0. The Morgan fingerprint density at radius 1 is 0.400 bits per heavy atom.